The van der Waals surface area contributed by atoms with Crippen molar-refractivity contribution in [2.45, 2.75) is 13.3 Å². The van der Waals surface area contributed by atoms with Gasteiger partial charge in [0.15, 0.2) is 6.61 Å². The van der Waals surface area contributed by atoms with Crippen LogP contribution in [0.25, 0.3) is 0 Å². The maximum absolute atomic E-state index is 11.6. The van der Waals surface area contributed by atoms with Gasteiger partial charge in [0, 0.05) is 20.2 Å². The molecule has 0 bridgehead atoms. The minimum Gasteiger partial charge on any atom is -0.483 e. The molecule has 0 spiro atoms. The third kappa shape index (κ3) is 4.07. The number of ether oxygens (including phenoxy) is 1. The van der Waals surface area contributed by atoms with E-state index in [1.54, 1.807) is 11.9 Å². The van der Waals surface area contributed by atoms with Gasteiger partial charge in [0.25, 0.3) is 5.91 Å². The molecule has 0 fully saturated rings. The number of rotatable bonds is 6. The zero-order chi connectivity index (χ0) is 12.7. The number of likely N-dealkylation sites (N-methyl/N-ethyl adjacent to an activating group) is 1. The third-order valence-corrected chi connectivity index (χ3v) is 2.60. The molecule has 94 valence electrons. The second-order valence-electron chi connectivity index (χ2n) is 3.78. The second kappa shape index (κ2) is 6.91. The van der Waals surface area contributed by atoms with Gasteiger partial charge in [-0.2, -0.15) is 0 Å². The predicted molar refractivity (Wildman–Crippen MR) is 66.0 cm³/mol. The number of para-hydroxylation sites is 1. The molecular weight excluding hydrogens is 218 g/mol. The molecule has 0 saturated heterocycles. The summed E-state index contributed by atoms with van der Waals surface area (Å²) in [6.07, 6.45) is 0.536. The van der Waals surface area contributed by atoms with E-state index in [1.807, 2.05) is 31.2 Å². The Hall–Kier alpha value is -1.55. The van der Waals surface area contributed by atoms with Gasteiger partial charge in [-0.25, -0.2) is 0 Å². The minimum absolute atomic E-state index is 0.0345. The van der Waals surface area contributed by atoms with Crippen LogP contribution >= 0.6 is 0 Å². The van der Waals surface area contributed by atoms with Crippen LogP contribution in [0.2, 0.25) is 0 Å². The van der Waals surface area contributed by atoms with Crippen molar-refractivity contribution in [3.05, 3.63) is 29.8 Å². The third-order valence-electron chi connectivity index (χ3n) is 2.60. The van der Waals surface area contributed by atoms with Gasteiger partial charge in [-0.15, -0.1) is 0 Å². The molecule has 0 aliphatic carbocycles. The van der Waals surface area contributed by atoms with E-state index >= 15 is 0 Å². The first kappa shape index (κ1) is 13.5. The summed E-state index contributed by atoms with van der Waals surface area (Å²) in [7, 11) is 1.74. The first-order valence-corrected chi connectivity index (χ1v) is 5.74. The van der Waals surface area contributed by atoms with Crippen LogP contribution in [0.1, 0.15) is 12.5 Å². The summed E-state index contributed by atoms with van der Waals surface area (Å²) in [6.45, 7) is 2.69. The molecule has 0 aromatic heterocycles. The van der Waals surface area contributed by atoms with Crippen molar-refractivity contribution in [2.24, 2.45) is 0 Å². The number of benzene rings is 1. The highest BCUT2D eigenvalue weighted by Crippen LogP contribution is 2.18. The smallest absolute Gasteiger partial charge is 0.260 e. The van der Waals surface area contributed by atoms with E-state index in [0.717, 1.165) is 5.56 Å². The number of hydrogen-bond donors (Lipinski definition) is 1. The molecule has 4 nitrogen and oxygen atoms in total. The Kier molecular flexibility index (Phi) is 5.49. The molecule has 1 N–H and O–H groups in total. The predicted octanol–water partition coefficient (Wildman–Crippen LogP) is 1.08. The molecule has 0 aliphatic heterocycles. The van der Waals surface area contributed by atoms with Gasteiger partial charge in [0.05, 0.1) is 0 Å². The Labute approximate surface area is 102 Å². The lowest BCUT2D eigenvalue weighted by Crippen LogP contribution is -2.31. The van der Waals surface area contributed by atoms with Crippen molar-refractivity contribution in [3.8, 4) is 5.75 Å². The van der Waals surface area contributed by atoms with Crippen molar-refractivity contribution >= 4 is 5.91 Å². The minimum atomic E-state index is -0.0497. The summed E-state index contributed by atoms with van der Waals surface area (Å²) in [5.41, 5.74) is 0.918. The average molecular weight is 237 g/mol. The lowest BCUT2D eigenvalue weighted by atomic mass is 10.1. The maximum atomic E-state index is 11.6. The van der Waals surface area contributed by atoms with E-state index in [4.69, 9.17) is 9.84 Å². The fraction of sp³-hybridized carbons (Fsp3) is 0.462. The topological polar surface area (TPSA) is 49.8 Å². The van der Waals surface area contributed by atoms with Crippen LogP contribution in [0.15, 0.2) is 24.3 Å². The van der Waals surface area contributed by atoms with Gasteiger partial charge in [-0.1, -0.05) is 18.2 Å². The largest absolute Gasteiger partial charge is 0.483 e. The summed E-state index contributed by atoms with van der Waals surface area (Å²) in [5, 5.41) is 8.92. The van der Waals surface area contributed by atoms with Crippen LogP contribution < -0.4 is 4.74 Å². The van der Waals surface area contributed by atoms with Crippen molar-refractivity contribution in [1.82, 2.24) is 4.90 Å². The van der Waals surface area contributed by atoms with Crippen molar-refractivity contribution in [2.75, 3.05) is 26.8 Å². The molecule has 0 aliphatic rings. The summed E-state index contributed by atoms with van der Waals surface area (Å²) in [5.74, 6) is 0.616. The lowest BCUT2D eigenvalue weighted by molar-refractivity contribution is -0.131. The standard InChI is InChI=1S/C13H19NO3/c1-3-14(2)13(16)10-17-12-7-5-4-6-11(12)8-9-15/h4-7,15H,3,8-10H2,1-2H3. The van der Waals surface area contributed by atoms with Crippen molar-refractivity contribution in [3.63, 3.8) is 0 Å². The van der Waals surface area contributed by atoms with E-state index in [-0.39, 0.29) is 19.1 Å². The maximum Gasteiger partial charge on any atom is 0.260 e. The van der Waals surface area contributed by atoms with Crippen LogP contribution in [0.4, 0.5) is 0 Å². The molecular formula is C13H19NO3. The Morgan fingerprint density at radius 2 is 2.12 bits per heavy atom. The highest BCUT2D eigenvalue weighted by molar-refractivity contribution is 5.77. The normalized spacial score (nSPS) is 10.1. The van der Waals surface area contributed by atoms with Crippen LogP contribution in [-0.2, 0) is 11.2 Å². The monoisotopic (exact) mass is 237 g/mol. The van der Waals surface area contributed by atoms with E-state index < -0.39 is 0 Å². The van der Waals surface area contributed by atoms with Crippen molar-refractivity contribution < 1.29 is 14.6 Å². The quantitative estimate of drug-likeness (QED) is 0.805. The number of aliphatic hydroxyl groups excluding tert-OH is 1. The number of carbonyl (C=O) groups is 1. The number of amides is 1. The first-order chi connectivity index (χ1) is 8.19. The number of hydrogen-bond acceptors (Lipinski definition) is 3. The highest BCUT2D eigenvalue weighted by Gasteiger charge is 2.09. The summed E-state index contributed by atoms with van der Waals surface area (Å²) in [6, 6.07) is 7.44. The van der Waals surface area contributed by atoms with Crippen molar-refractivity contribution in [1.29, 1.82) is 0 Å². The van der Waals surface area contributed by atoms with Crippen LogP contribution in [0.5, 0.6) is 5.75 Å². The summed E-state index contributed by atoms with van der Waals surface area (Å²) in [4.78, 5) is 13.2. The fourth-order valence-corrected chi connectivity index (χ4v) is 1.40. The number of aliphatic hydroxyl groups is 1. The van der Waals surface area contributed by atoms with Crippen LogP contribution in [0.3, 0.4) is 0 Å². The number of carbonyl (C=O) groups excluding carboxylic acids is 1. The Balaban J connectivity index is 2.59. The summed E-state index contributed by atoms with van der Waals surface area (Å²) >= 11 is 0. The lowest BCUT2D eigenvalue weighted by Gasteiger charge is -2.16. The zero-order valence-corrected chi connectivity index (χ0v) is 10.3. The van der Waals surface area contributed by atoms with E-state index in [0.29, 0.717) is 18.7 Å². The molecule has 4 heteroatoms. The average Bonchev–Trinajstić information content (AvgIpc) is 2.36. The fourth-order valence-electron chi connectivity index (χ4n) is 1.40. The highest BCUT2D eigenvalue weighted by atomic mass is 16.5. The summed E-state index contributed by atoms with van der Waals surface area (Å²) < 4.78 is 5.47. The molecule has 1 amide bonds. The molecule has 0 heterocycles. The van der Waals surface area contributed by atoms with Gasteiger partial charge in [-0.05, 0) is 25.0 Å². The molecule has 1 rings (SSSR count). The first-order valence-electron chi connectivity index (χ1n) is 5.74. The van der Waals surface area contributed by atoms with Gasteiger partial charge in [-0.3, -0.25) is 4.79 Å². The Bertz CT molecular complexity index is 365. The second-order valence-corrected chi connectivity index (χ2v) is 3.78. The molecule has 1 aromatic rings. The van der Waals surface area contributed by atoms with E-state index in [1.165, 1.54) is 0 Å². The van der Waals surface area contributed by atoms with E-state index in [2.05, 4.69) is 0 Å². The molecule has 0 saturated carbocycles. The van der Waals surface area contributed by atoms with Gasteiger partial charge in [0.2, 0.25) is 0 Å². The molecule has 0 atom stereocenters. The molecule has 1 aromatic carbocycles. The Morgan fingerprint density at radius 1 is 1.41 bits per heavy atom. The van der Waals surface area contributed by atoms with Crippen LogP contribution in [-0.4, -0.2) is 42.7 Å². The molecule has 17 heavy (non-hydrogen) atoms. The SMILES string of the molecule is CCN(C)C(=O)COc1ccccc1CCO. The van der Waals surface area contributed by atoms with E-state index in [9.17, 15) is 4.79 Å². The number of nitrogens with zero attached hydrogens (tertiary/aromatic N) is 1. The van der Waals surface area contributed by atoms with Crippen LogP contribution in [0, 0.1) is 0 Å². The zero-order valence-electron chi connectivity index (χ0n) is 10.3. The van der Waals surface area contributed by atoms with Gasteiger partial charge < -0.3 is 14.7 Å². The molecule has 0 unspecified atom stereocenters. The van der Waals surface area contributed by atoms with Gasteiger partial charge in [0.1, 0.15) is 5.75 Å². The molecule has 0 radical (unpaired) electrons. The Morgan fingerprint density at radius 3 is 2.76 bits per heavy atom. The van der Waals surface area contributed by atoms with Gasteiger partial charge >= 0.3 is 0 Å².